The van der Waals surface area contributed by atoms with Gasteiger partial charge in [0.1, 0.15) is 11.3 Å². The van der Waals surface area contributed by atoms with E-state index in [0.29, 0.717) is 0 Å². The molecule has 5 heterocycles. The van der Waals surface area contributed by atoms with Crippen molar-refractivity contribution < 1.29 is 0 Å². The molecule has 4 nitrogen and oxygen atoms in total. The molecule has 0 N–H and O–H groups in total. The van der Waals surface area contributed by atoms with Crippen LogP contribution >= 0.6 is 0 Å². The molecule has 0 aliphatic heterocycles. The highest BCUT2D eigenvalue weighted by molar-refractivity contribution is 5.94. The van der Waals surface area contributed by atoms with Crippen molar-refractivity contribution in [2.45, 2.75) is 13.8 Å². The lowest BCUT2D eigenvalue weighted by Crippen LogP contribution is -1.98. The highest BCUT2D eigenvalue weighted by Crippen LogP contribution is 2.28. The lowest BCUT2D eigenvalue weighted by Gasteiger charge is -2.10. The van der Waals surface area contributed by atoms with Crippen LogP contribution in [0, 0.1) is 13.8 Å². The van der Waals surface area contributed by atoms with Crippen LogP contribution in [-0.2, 0) is 0 Å². The standard InChI is InChI=1S/C16H12N4/c1-9-3-11-13-7-18-16-6-10(2)4-12(20(13)16)14-8-17-15(5-9)19(11)14/h3-8H,1-2H3. The number of pyridine rings is 2. The van der Waals surface area contributed by atoms with Crippen LogP contribution in [0.1, 0.15) is 11.1 Å². The molecule has 0 aliphatic carbocycles. The van der Waals surface area contributed by atoms with Crippen LogP contribution in [0.25, 0.3) is 33.4 Å². The van der Waals surface area contributed by atoms with Crippen LogP contribution in [-0.4, -0.2) is 18.8 Å². The second-order valence-electron chi connectivity index (χ2n) is 5.51. The summed E-state index contributed by atoms with van der Waals surface area (Å²) in [6, 6.07) is 8.63. The number of aryl methyl sites for hydroxylation is 2. The van der Waals surface area contributed by atoms with Gasteiger partial charge in [0.15, 0.2) is 0 Å². The maximum atomic E-state index is 4.56. The van der Waals surface area contributed by atoms with Crippen LogP contribution < -0.4 is 0 Å². The Morgan fingerprint density at radius 2 is 1.10 bits per heavy atom. The first-order chi connectivity index (χ1) is 9.72. The Balaban J connectivity index is 2.27. The van der Waals surface area contributed by atoms with E-state index in [4.69, 9.17) is 0 Å². The van der Waals surface area contributed by atoms with Crippen molar-refractivity contribution in [3.8, 4) is 0 Å². The third-order valence-electron chi connectivity index (χ3n) is 4.03. The molecule has 96 valence electrons. The quantitative estimate of drug-likeness (QED) is 0.400. The molecule has 5 rings (SSSR count). The predicted molar refractivity (Wildman–Crippen MR) is 79.6 cm³/mol. The first-order valence-corrected chi connectivity index (χ1v) is 6.69. The number of hydrogen-bond donors (Lipinski definition) is 0. The van der Waals surface area contributed by atoms with Crippen molar-refractivity contribution in [1.29, 1.82) is 0 Å². The maximum Gasteiger partial charge on any atom is 0.138 e. The average Bonchev–Trinajstić information content (AvgIpc) is 3.00. The summed E-state index contributed by atoms with van der Waals surface area (Å²) in [6.07, 6.45) is 3.91. The fourth-order valence-corrected chi connectivity index (χ4v) is 3.23. The SMILES string of the molecule is Cc1cc2ncc3c4cc(C)cc5ncc(c(c1)n23)n54. The number of hydrogen-bond acceptors (Lipinski definition) is 2. The normalized spacial score (nSPS) is 12.5. The Morgan fingerprint density at radius 3 is 1.55 bits per heavy atom. The van der Waals surface area contributed by atoms with Crippen molar-refractivity contribution >= 4 is 33.4 Å². The van der Waals surface area contributed by atoms with E-state index in [1.165, 1.54) is 11.1 Å². The average molecular weight is 260 g/mol. The fourth-order valence-electron chi connectivity index (χ4n) is 3.23. The molecular weight excluding hydrogens is 248 g/mol. The van der Waals surface area contributed by atoms with Gasteiger partial charge in [0.2, 0.25) is 0 Å². The van der Waals surface area contributed by atoms with Crippen molar-refractivity contribution in [2.24, 2.45) is 0 Å². The summed E-state index contributed by atoms with van der Waals surface area (Å²) in [5.41, 5.74) is 9.02. The van der Waals surface area contributed by atoms with E-state index in [0.717, 1.165) is 33.4 Å². The first kappa shape index (κ1) is 10.2. The van der Waals surface area contributed by atoms with Crippen LogP contribution in [0.4, 0.5) is 0 Å². The summed E-state index contributed by atoms with van der Waals surface area (Å²) in [4.78, 5) is 9.12. The van der Waals surface area contributed by atoms with Crippen molar-refractivity contribution in [3.63, 3.8) is 0 Å². The second-order valence-corrected chi connectivity index (χ2v) is 5.51. The Labute approximate surface area is 114 Å². The van der Waals surface area contributed by atoms with Gasteiger partial charge >= 0.3 is 0 Å². The Bertz CT molecular complexity index is 1020. The van der Waals surface area contributed by atoms with Gasteiger partial charge in [-0.05, 0) is 49.2 Å². The van der Waals surface area contributed by atoms with Crippen molar-refractivity contribution in [1.82, 2.24) is 18.8 Å². The summed E-state index contributed by atoms with van der Waals surface area (Å²) in [5, 5.41) is 0. The van der Waals surface area contributed by atoms with Gasteiger partial charge in [0.05, 0.1) is 34.5 Å². The van der Waals surface area contributed by atoms with Gasteiger partial charge in [-0.1, -0.05) is 0 Å². The minimum atomic E-state index is 0.997. The topological polar surface area (TPSA) is 34.6 Å². The summed E-state index contributed by atoms with van der Waals surface area (Å²) in [7, 11) is 0. The summed E-state index contributed by atoms with van der Waals surface area (Å²) in [6.45, 7) is 4.21. The summed E-state index contributed by atoms with van der Waals surface area (Å²) >= 11 is 0. The highest BCUT2D eigenvalue weighted by atomic mass is 15.1. The molecule has 0 amide bonds. The summed E-state index contributed by atoms with van der Waals surface area (Å²) in [5.74, 6) is 0. The van der Waals surface area contributed by atoms with Gasteiger partial charge in [-0.15, -0.1) is 0 Å². The third kappa shape index (κ3) is 1.04. The van der Waals surface area contributed by atoms with E-state index in [-0.39, 0.29) is 0 Å². The van der Waals surface area contributed by atoms with E-state index in [2.05, 4.69) is 56.9 Å². The van der Waals surface area contributed by atoms with Crippen LogP contribution in [0.2, 0.25) is 0 Å². The van der Waals surface area contributed by atoms with Crippen LogP contribution in [0.3, 0.4) is 0 Å². The zero-order chi connectivity index (χ0) is 13.4. The molecule has 0 fully saturated rings. The number of fused-ring (bicyclic) bond motifs is 2. The number of aromatic nitrogens is 4. The molecule has 0 unspecified atom stereocenters. The minimum absolute atomic E-state index is 0.997. The van der Waals surface area contributed by atoms with Crippen LogP contribution in [0.15, 0.2) is 36.7 Å². The second kappa shape index (κ2) is 3.10. The molecule has 5 aromatic heterocycles. The smallest absolute Gasteiger partial charge is 0.138 e. The zero-order valence-corrected chi connectivity index (χ0v) is 11.3. The maximum absolute atomic E-state index is 4.56. The first-order valence-electron chi connectivity index (χ1n) is 6.69. The third-order valence-corrected chi connectivity index (χ3v) is 4.03. The van der Waals surface area contributed by atoms with E-state index < -0.39 is 0 Å². The van der Waals surface area contributed by atoms with E-state index >= 15 is 0 Å². The number of imidazole rings is 2. The number of nitrogens with zero attached hydrogens (tertiary/aromatic N) is 4. The van der Waals surface area contributed by atoms with E-state index in [9.17, 15) is 0 Å². The van der Waals surface area contributed by atoms with E-state index in [1.807, 2.05) is 12.4 Å². The molecule has 0 saturated heterocycles. The highest BCUT2D eigenvalue weighted by Gasteiger charge is 2.14. The fraction of sp³-hybridized carbons (Fsp3) is 0.125. The lowest BCUT2D eigenvalue weighted by molar-refractivity contribution is 1.21. The van der Waals surface area contributed by atoms with E-state index in [1.54, 1.807) is 0 Å². The molecule has 5 aromatic rings. The number of rotatable bonds is 0. The van der Waals surface area contributed by atoms with Crippen molar-refractivity contribution in [2.75, 3.05) is 0 Å². The van der Waals surface area contributed by atoms with Gasteiger partial charge in [0.25, 0.3) is 0 Å². The molecule has 0 aliphatic rings. The molecule has 0 bridgehead atoms. The van der Waals surface area contributed by atoms with Crippen LogP contribution in [0.5, 0.6) is 0 Å². The van der Waals surface area contributed by atoms with Gasteiger partial charge in [-0.25, -0.2) is 9.97 Å². The zero-order valence-electron chi connectivity index (χ0n) is 11.3. The molecule has 0 aromatic carbocycles. The molecule has 4 heteroatoms. The summed E-state index contributed by atoms with van der Waals surface area (Å²) < 4.78 is 4.44. The van der Waals surface area contributed by atoms with Gasteiger partial charge in [-0.2, -0.15) is 0 Å². The molecule has 0 atom stereocenters. The molecular formula is C16H12N4. The Kier molecular flexibility index (Phi) is 1.58. The van der Waals surface area contributed by atoms with Gasteiger partial charge in [0, 0.05) is 0 Å². The molecule has 0 radical (unpaired) electrons. The Hall–Kier alpha value is -2.62. The van der Waals surface area contributed by atoms with Gasteiger partial charge in [-0.3, -0.25) is 8.80 Å². The monoisotopic (exact) mass is 260 g/mol. The minimum Gasteiger partial charge on any atom is -0.289 e. The predicted octanol–water partition coefficient (Wildman–Crippen LogP) is 3.34. The molecule has 0 spiro atoms. The van der Waals surface area contributed by atoms with Crippen molar-refractivity contribution in [3.05, 3.63) is 47.8 Å². The Morgan fingerprint density at radius 1 is 0.650 bits per heavy atom. The molecule has 20 heavy (non-hydrogen) atoms. The molecule has 0 saturated carbocycles. The largest absolute Gasteiger partial charge is 0.289 e. The van der Waals surface area contributed by atoms with Gasteiger partial charge < -0.3 is 0 Å². The lowest BCUT2D eigenvalue weighted by atomic mass is 10.2.